The molecule has 0 aliphatic carbocycles. The van der Waals surface area contributed by atoms with Crippen molar-refractivity contribution in [3.63, 3.8) is 0 Å². The van der Waals surface area contributed by atoms with Gasteiger partial charge in [-0.25, -0.2) is 0 Å². The largest absolute Gasteiger partial charge is 0.573 e. The molecule has 154 valence electrons. The minimum atomic E-state index is -4.72. The van der Waals surface area contributed by atoms with E-state index in [0.717, 1.165) is 19.4 Å². The molecule has 1 aliphatic heterocycles. The van der Waals surface area contributed by atoms with Crippen molar-refractivity contribution >= 4 is 12.4 Å². The van der Waals surface area contributed by atoms with Gasteiger partial charge in [0.25, 0.3) is 0 Å². The predicted molar refractivity (Wildman–Crippen MR) is 104 cm³/mol. The molecule has 2 unspecified atom stereocenters. The van der Waals surface area contributed by atoms with Gasteiger partial charge < -0.3 is 20.1 Å². The zero-order valence-electron chi connectivity index (χ0n) is 15.5. The minimum absolute atomic E-state index is 0. The van der Waals surface area contributed by atoms with Crippen LogP contribution in [0.15, 0.2) is 48.5 Å². The molecule has 1 heterocycles. The third kappa shape index (κ3) is 6.02. The van der Waals surface area contributed by atoms with Crippen molar-refractivity contribution in [2.24, 2.45) is 0 Å². The molecule has 1 aliphatic rings. The van der Waals surface area contributed by atoms with Crippen LogP contribution in [0, 0.1) is 0 Å². The molecule has 1 saturated heterocycles. The lowest BCUT2D eigenvalue weighted by atomic mass is 9.92. The SMILES string of the molecule is COc1ccc(OC(F)(F)F)cc1CNC1CCCNC1c1ccccc1.Cl. The summed E-state index contributed by atoms with van der Waals surface area (Å²) in [7, 11) is 1.50. The summed E-state index contributed by atoms with van der Waals surface area (Å²) in [6.07, 6.45) is -2.70. The van der Waals surface area contributed by atoms with Gasteiger partial charge in [0.1, 0.15) is 11.5 Å². The fourth-order valence-corrected chi connectivity index (χ4v) is 3.45. The molecule has 2 aromatic rings. The summed E-state index contributed by atoms with van der Waals surface area (Å²) in [5.74, 6) is 0.276. The Labute approximate surface area is 168 Å². The quantitative estimate of drug-likeness (QED) is 0.722. The van der Waals surface area contributed by atoms with Crippen LogP contribution in [-0.2, 0) is 6.54 Å². The van der Waals surface area contributed by atoms with E-state index < -0.39 is 6.36 Å². The Morgan fingerprint density at radius 1 is 1.14 bits per heavy atom. The van der Waals surface area contributed by atoms with Crippen molar-refractivity contribution in [2.75, 3.05) is 13.7 Å². The van der Waals surface area contributed by atoms with Crippen LogP contribution in [0.2, 0.25) is 0 Å². The molecule has 28 heavy (non-hydrogen) atoms. The maximum atomic E-state index is 12.5. The number of nitrogens with one attached hydrogen (secondary N) is 2. The fourth-order valence-electron chi connectivity index (χ4n) is 3.45. The first-order valence-corrected chi connectivity index (χ1v) is 8.90. The molecule has 0 bridgehead atoms. The summed E-state index contributed by atoms with van der Waals surface area (Å²) >= 11 is 0. The van der Waals surface area contributed by atoms with E-state index in [1.807, 2.05) is 18.2 Å². The number of halogens is 4. The first kappa shape index (κ1) is 22.3. The summed E-state index contributed by atoms with van der Waals surface area (Å²) in [5, 5.41) is 7.00. The number of hydrogen-bond acceptors (Lipinski definition) is 4. The number of alkyl halides is 3. The van der Waals surface area contributed by atoms with E-state index in [1.54, 1.807) is 0 Å². The minimum Gasteiger partial charge on any atom is -0.496 e. The summed E-state index contributed by atoms with van der Waals surface area (Å²) in [6, 6.07) is 14.6. The zero-order chi connectivity index (χ0) is 19.3. The first-order chi connectivity index (χ1) is 13.0. The van der Waals surface area contributed by atoms with E-state index in [9.17, 15) is 13.2 Å². The predicted octanol–water partition coefficient (Wildman–Crippen LogP) is 4.60. The molecule has 2 atom stereocenters. The zero-order valence-corrected chi connectivity index (χ0v) is 16.3. The molecule has 2 N–H and O–H groups in total. The molecule has 0 amide bonds. The van der Waals surface area contributed by atoms with Gasteiger partial charge in [-0.05, 0) is 43.1 Å². The lowest BCUT2D eigenvalue weighted by Gasteiger charge is -2.34. The van der Waals surface area contributed by atoms with Crippen molar-refractivity contribution in [3.8, 4) is 11.5 Å². The second kappa shape index (κ2) is 10.0. The summed E-state index contributed by atoms with van der Waals surface area (Å²) in [6.45, 7) is 1.32. The summed E-state index contributed by atoms with van der Waals surface area (Å²) in [5.41, 5.74) is 1.81. The van der Waals surface area contributed by atoms with Gasteiger partial charge in [0.2, 0.25) is 0 Å². The highest BCUT2D eigenvalue weighted by molar-refractivity contribution is 5.85. The van der Waals surface area contributed by atoms with E-state index in [2.05, 4.69) is 27.5 Å². The maximum Gasteiger partial charge on any atom is 0.573 e. The molecular weight excluding hydrogens is 393 g/mol. The van der Waals surface area contributed by atoms with Crippen LogP contribution in [0.4, 0.5) is 13.2 Å². The van der Waals surface area contributed by atoms with Crippen LogP contribution in [0.25, 0.3) is 0 Å². The van der Waals surface area contributed by atoms with E-state index in [1.165, 1.54) is 30.9 Å². The lowest BCUT2D eigenvalue weighted by molar-refractivity contribution is -0.274. The molecule has 4 nitrogen and oxygen atoms in total. The smallest absolute Gasteiger partial charge is 0.496 e. The van der Waals surface area contributed by atoms with Gasteiger partial charge in [0, 0.05) is 24.2 Å². The molecule has 0 saturated carbocycles. The standard InChI is InChI=1S/C20H23F3N2O2.ClH/c1-26-18-10-9-16(27-20(21,22)23)12-15(18)13-25-17-8-5-11-24-19(17)14-6-3-2-4-7-14;/h2-4,6-7,9-10,12,17,19,24-25H,5,8,11,13H2,1H3;1H. The van der Waals surface area contributed by atoms with Gasteiger partial charge in [-0.2, -0.15) is 0 Å². The Morgan fingerprint density at radius 2 is 1.89 bits per heavy atom. The first-order valence-electron chi connectivity index (χ1n) is 8.90. The van der Waals surface area contributed by atoms with Gasteiger partial charge >= 0.3 is 6.36 Å². The Balaban J connectivity index is 0.00000280. The average Bonchev–Trinajstić information content (AvgIpc) is 2.66. The fraction of sp³-hybridized carbons (Fsp3) is 0.400. The number of benzene rings is 2. The third-order valence-electron chi connectivity index (χ3n) is 4.66. The molecule has 2 aromatic carbocycles. The number of rotatable bonds is 6. The average molecular weight is 417 g/mol. The highest BCUT2D eigenvalue weighted by atomic mass is 35.5. The molecule has 3 rings (SSSR count). The van der Waals surface area contributed by atoms with Gasteiger partial charge in [-0.1, -0.05) is 30.3 Å². The van der Waals surface area contributed by atoms with Gasteiger partial charge in [0.05, 0.1) is 7.11 Å². The van der Waals surface area contributed by atoms with E-state index in [0.29, 0.717) is 17.9 Å². The molecule has 0 aromatic heterocycles. The second-order valence-corrected chi connectivity index (χ2v) is 6.49. The van der Waals surface area contributed by atoms with Crippen LogP contribution < -0.4 is 20.1 Å². The van der Waals surface area contributed by atoms with E-state index in [-0.39, 0.29) is 30.2 Å². The second-order valence-electron chi connectivity index (χ2n) is 6.49. The number of ether oxygens (including phenoxy) is 2. The normalized spacial score (nSPS) is 19.6. The molecule has 1 fully saturated rings. The third-order valence-corrected chi connectivity index (χ3v) is 4.66. The van der Waals surface area contributed by atoms with Crippen molar-refractivity contribution in [2.45, 2.75) is 37.8 Å². The van der Waals surface area contributed by atoms with Crippen LogP contribution in [0.5, 0.6) is 11.5 Å². The summed E-state index contributed by atoms with van der Waals surface area (Å²) in [4.78, 5) is 0. The Morgan fingerprint density at radius 3 is 2.57 bits per heavy atom. The Kier molecular flexibility index (Phi) is 7.98. The topological polar surface area (TPSA) is 42.5 Å². The monoisotopic (exact) mass is 416 g/mol. The van der Waals surface area contributed by atoms with E-state index in [4.69, 9.17) is 4.74 Å². The number of piperidine rings is 1. The molecule has 0 spiro atoms. The molecular formula is C20H24ClF3N2O2. The summed E-state index contributed by atoms with van der Waals surface area (Å²) < 4.78 is 46.8. The van der Waals surface area contributed by atoms with E-state index >= 15 is 0 Å². The highest BCUT2D eigenvalue weighted by Crippen LogP contribution is 2.29. The van der Waals surface area contributed by atoms with Gasteiger partial charge in [-0.15, -0.1) is 25.6 Å². The number of methoxy groups -OCH3 is 1. The molecule has 0 radical (unpaired) electrons. The molecule has 8 heteroatoms. The van der Waals surface area contributed by atoms with Crippen molar-refractivity contribution < 1.29 is 22.6 Å². The van der Waals surface area contributed by atoms with Gasteiger partial charge in [0.15, 0.2) is 0 Å². The van der Waals surface area contributed by atoms with Crippen molar-refractivity contribution in [3.05, 3.63) is 59.7 Å². The lowest BCUT2D eigenvalue weighted by Crippen LogP contribution is -2.45. The van der Waals surface area contributed by atoms with Crippen molar-refractivity contribution in [1.82, 2.24) is 10.6 Å². The van der Waals surface area contributed by atoms with Crippen molar-refractivity contribution in [1.29, 1.82) is 0 Å². The Hall–Kier alpha value is -1.96. The Bertz CT molecular complexity index is 744. The number of hydrogen-bond donors (Lipinski definition) is 2. The maximum absolute atomic E-state index is 12.5. The van der Waals surface area contributed by atoms with Gasteiger partial charge in [-0.3, -0.25) is 0 Å². The van der Waals surface area contributed by atoms with Crippen LogP contribution in [0.3, 0.4) is 0 Å². The van der Waals surface area contributed by atoms with Crippen LogP contribution >= 0.6 is 12.4 Å². The van der Waals surface area contributed by atoms with Crippen LogP contribution in [-0.4, -0.2) is 26.1 Å². The van der Waals surface area contributed by atoms with Crippen LogP contribution in [0.1, 0.15) is 30.0 Å². The highest BCUT2D eigenvalue weighted by Gasteiger charge is 2.31.